The molecule has 0 saturated carbocycles. The highest BCUT2D eigenvalue weighted by Gasteiger charge is 2.28. The maximum atomic E-state index is 12.3. The van der Waals surface area contributed by atoms with Gasteiger partial charge >= 0.3 is 0 Å². The largest absolute Gasteiger partial charge is 0.349 e. The summed E-state index contributed by atoms with van der Waals surface area (Å²) in [5.41, 5.74) is 0.725. The fourth-order valence-electron chi connectivity index (χ4n) is 2.47. The first kappa shape index (κ1) is 15.3. The van der Waals surface area contributed by atoms with Crippen molar-refractivity contribution in [3.05, 3.63) is 33.4 Å². The molecule has 0 unspecified atom stereocenters. The number of rotatable bonds is 2. The van der Waals surface area contributed by atoms with E-state index in [1.807, 2.05) is 29.2 Å². The van der Waals surface area contributed by atoms with Gasteiger partial charge in [0.2, 0.25) is 5.91 Å². The monoisotopic (exact) mass is 386 g/mol. The van der Waals surface area contributed by atoms with Gasteiger partial charge in [0, 0.05) is 42.2 Å². The zero-order chi connectivity index (χ0) is 14.7. The van der Waals surface area contributed by atoms with E-state index >= 15 is 0 Å². The predicted octanol–water partition coefficient (Wildman–Crippen LogP) is 2.23. The number of halogens is 1. The Hall–Kier alpha value is -1.11. The molecule has 1 aromatic carbocycles. The number of likely N-dealkylation sites (tertiary alicyclic amines) is 1. The van der Waals surface area contributed by atoms with Crippen LogP contribution in [0.5, 0.6) is 0 Å². The van der Waals surface area contributed by atoms with Crippen molar-refractivity contribution in [2.75, 3.05) is 27.2 Å². The maximum absolute atomic E-state index is 12.3. The Balaban J connectivity index is 1.95. The second kappa shape index (κ2) is 6.56. The van der Waals surface area contributed by atoms with Crippen molar-refractivity contribution in [2.24, 2.45) is 5.92 Å². The van der Waals surface area contributed by atoms with Gasteiger partial charge in [0.1, 0.15) is 0 Å². The average Bonchev–Trinajstić information content (AvgIpc) is 2.46. The van der Waals surface area contributed by atoms with E-state index in [1.54, 1.807) is 19.0 Å². The number of carbonyl (C=O) groups is 2. The Morgan fingerprint density at radius 1 is 1.15 bits per heavy atom. The molecule has 108 valence electrons. The lowest BCUT2D eigenvalue weighted by molar-refractivity contribution is -0.134. The first-order valence-electron chi connectivity index (χ1n) is 6.75. The summed E-state index contributed by atoms with van der Waals surface area (Å²) in [6, 6.07) is 7.61. The molecule has 5 heteroatoms. The SMILES string of the molecule is CN(C)C(=O)C1CCN(C(=O)c2ccc(I)cc2)CC1. The zero-order valence-electron chi connectivity index (χ0n) is 11.8. The molecular formula is C15H19IN2O2. The summed E-state index contributed by atoms with van der Waals surface area (Å²) in [4.78, 5) is 27.7. The molecule has 1 aliphatic heterocycles. The van der Waals surface area contributed by atoms with Crippen LogP contribution >= 0.6 is 22.6 Å². The van der Waals surface area contributed by atoms with Crippen molar-refractivity contribution in [1.29, 1.82) is 0 Å². The molecule has 0 bridgehead atoms. The maximum Gasteiger partial charge on any atom is 0.253 e. The summed E-state index contributed by atoms with van der Waals surface area (Å²) in [6.45, 7) is 1.32. The van der Waals surface area contributed by atoms with Gasteiger partial charge in [-0.05, 0) is 59.7 Å². The summed E-state index contributed by atoms with van der Waals surface area (Å²) in [6.07, 6.45) is 1.51. The van der Waals surface area contributed by atoms with Gasteiger partial charge in [-0.1, -0.05) is 0 Å². The number of carbonyl (C=O) groups excluding carboxylic acids is 2. The standard InChI is InChI=1S/C15H19IN2O2/c1-17(2)14(19)12-7-9-18(10-8-12)15(20)11-3-5-13(16)6-4-11/h3-6,12H,7-10H2,1-2H3. The Bertz CT molecular complexity index is 491. The molecule has 4 nitrogen and oxygen atoms in total. The van der Waals surface area contributed by atoms with Crippen LogP contribution in [0.2, 0.25) is 0 Å². The molecule has 20 heavy (non-hydrogen) atoms. The number of nitrogens with zero attached hydrogens (tertiary/aromatic N) is 2. The first-order valence-corrected chi connectivity index (χ1v) is 7.83. The lowest BCUT2D eigenvalue weighted by atomic mass is 9.95. The Morgan fingerprint density at radius 3 is 2.20 bits per heavy atom. The molecule has 1 saturated heterocycles. The van der Waals surface area contributed by atoms with Crippen molar-refractivity contribution in [1.82, 2.24) is 9.80 Å². The van der Waals surface area contributed by atoms with Crippen molar-refractivity contribution in [3.63, 3.8) is 0 Å². The van der Waals surface area contributed by atoms with Crippen LogP contribution in [0.4, 0.5) is 0 Å². The van der Waals surface area contributed by atoms with Crippen LogP contribution in [0.3, 0.4) is 0 Å². The van der Waals surface area contributed by atoms with Gasteiger partial charge in [0.05, 0.1) is 0 Å². The van der Waals surface area contributed by atoms with Crippen LogP contribution in [0, 0.1) is 9.49 Å². The minimum atomic E-state index is 0.0609. The van der Waals surface area contributed by atoms with Gasteiger partial charge in [-0.2, -0.15) is 0 Å². The van der Waals surface area contributed by atoms with Crippen LogP contribution in [0.1, 0.15) is 23.2 Å². The summed E-state index contributed by atoms with van der Waals surface area (Å²) in [5, 5.41) is 0. The van der Waals surface area contributed by atoms with Gasteiger partial charge in [-0.3, -0.25) is 9.59 Å². The lowest BCUT2D eigenvalue weighted by Crippen LogP contribution is -2.42. The zero-order valence-corrected chi connectivity index (χ0v) is 14.0. The third-order valence-corrected chi connectivity index (χ3v) is 4.38. The molecule has 0 atom stereocenters. The Labute approximate surface area is 133 Å². The third-order valence-electron chi connectivity index (χ3n) is 3.66. The normalized spacial score (nSPS) is 16.1. The molecule has 1 aliphatic rings. The summed E-state index contributed by atoms with van der Waals surface area (Å²) < 4.78 is 1.12. The summed E-state index contributed by atoms with van der Waals surface area (Å²) >= 11 is 2.22. The van der Waals surface area contributed by atoms with E-state index in [-0.39, 0.29) is 17.7 Å². The van der Waals surface area contributed by atoms with Gasteiger partial charge in [0.25, 0.3) is 5.91 Å². The van der Waals surface area contributed by atoms with Gasteiger partial charge in [-0.25, -0.2) is 0 Å². The van der Waals surface area contributed by atoms with Crippen LogP contribution < -0.4 is 0 Å². The van der Waals surface area contributed by atoms with E-state index in [9.17, 15) is 9.59 Å². The van der Waals surface area contributed by atoms with E-state index in [2.05, 4.69) is 22.6 Å². The van der Waals surface area contributed by atoms with Crippen LogP contribution in [-0.2, 0) is 4.79 Å². The summed E-state index contributed by atoms with van der Waals surface area (Å²) in [5.74, 6) is 0.300. The highest BCUT2D eigenvalue weighted by Crippen LogP contribution is 2.20. The van der Waals surface area contributed by atoms with Crippen LogP contribution in [0.15, 0.2) is 24.3 Å². The lowest BCUT2D eigenvalue weighted by Gasteiger charge is -2.32. The quantitative estimate of drug-likeness (QED) is 0.732. The molecule has 2 rings (SSSR count). The average molecular weight is 386 g/mol. The fourth-order valence-corrected chi connectivity index (χ4v) is 2.83. The van der Waals surface area contributed by atoms with Gasteiger partial charge in [-0.15, -0.1) is 0 Å². The topological polar surface area (TPSA) is 40.6 Å². The van der Waals surface area contributed by atoms with Crippen LogP contribution in [0.25, 0.3) is 0 Å². The minimum Gasteiger partial charge on any atom is -0.349 e. The van der Waals surface area contributed by atoms with E-state index in [0.29, 0.717) is 13.1 Å². The number of piperidine rings is 1. The van der Waals surface area contributed by atoms with Gasteiger partial charge < -0.3 is 9.80 Å². The first-order chi connectivity index (χ1) is 9.49. The predicted molar refractivity (Wildman–Crippen MR) is 86.5 cm³/mol. The Kier molecular flexibility index (Phi) is 5.01. The number of amides is 2. The molecule has 0 radical (unpaired) electrons. The number of hydrogen-bond donors (Lipinski definition) is 0. The van der Waals surface area contributed by atoms with E-state index in [4.69, 9.17) is 0 Å². The molecule has 2 amide bonds. The van der Waals surface area contributed by atoms with Crippen molar-refractivity contribution < 1.29 is 9.59 Å². The second-order valence-electron chi connectivity index (χ2n) is 5.31. The smallest absolute Gasteiger partial charge is 0.253 e. The van der Waals surface area contributed by atoms with Crippen molar-refractivity contribution in [2.45, 2.75) is 12.8 Å². The molecule has 1 aromatic rings. The van der Waals surface area contributed by atoms with Gasteiger partial charge in [0.15, 0.2) is 0 Å². The summed E-state index contributed by atoms with van der Waals surface area (Å²) in [7, 11) is 3.57. The minimum absolute atomic E-state index is 0.0609. The van der Waals surface area contributed by atoms with E-state index < -0.39 is 0 Å². The molecular weight excluding hydrogens is 367 g/mol. The highest BCUT2D eigenvalue weighted by atomic mass is 127. The molecule has 0 N–H and O–H groups in total. The molecule has 1 fully saturated rings. The van der Waals surface area contributed by atoms with Crippen molar-refractivity contribution >= 4 is 34.4 Å². The molecule has 0 spiro atoms. The number of hydrogen-bond acceptors (Lipinski definition) is 2. The second-order valence-corrected chi connectivity index (χ2v) is 6.55. The van der Waals surface area contributed by atoms with Crippen LogP contribution in [-0.4, -0.2) is 48.8 Å². The van der Waals surface area contributed by atoms with E-state index in [1.165, 1.54) is 0 Å². The van der Waals surface area contributed by atoms with E-state index in [0.717, 1.165) is 22.0 Å². The fraction of sp³-hybridized carbons (Fsp3) is 0.467. The molecule has 0 aromatic heterocycles. The molecule has 1 heterocycles. The molecule has 0 aliphatic carbocycles. The third kappa shape index (κ3) is 3.50. The van der Waals surface area contributed by atoms with Crippen molar-refractivity contribution in [3.8, 4) is 0 Å². The highest BCUT2D eigenvalue weighted by molar-refractivity contribution is 14.1. The number of benzene rings is 1. The Morgan fingerprint density at radius 2 is 1.70 bits per heavy atom.